The second-order valence-electron chi connectivity index (χ2n) is 6.10. The van der Waals surface area contributed by atoms with Crippen molar-refractivity contribution in [3.05, 3.63) is 32.1 Å². The van der Waals surface area contributed by atoms with Gasteiger partial charge in [0.15, 0.2) is 9.84 Å². The Labute approximate surface area is 155 Å². The van der Waals surface area contributed by atoms with Crippen LogP contribution < -0.4 is 0 Å². The minimum atomic E-state index is -2.89. The highest BCUT2D eigenvalue weighted by atomic mass is 35.5. The molecule has 0 aliphatic carbocycles. The highest BCUT2D eigenvalue weighted by Crippen LogP contribution is 2.23. The summed E-state index contributed by atoms with van der Waals surface area (Å²) < 4.78 is 31.0. The number of aromatic nitrogens is 2. The smallest absolute Gasteiger partial charge is 0.288 e. The second kappa shape index (κ2) is 7.25. The molecule has 132 valence electrons. The van der Waals surface area contributed by atoms with Crippen molar-refractivity contribution in [2.75, 3.05) is 18.6 Å². The van der Waals surface area contributed by atoms with Crippen molar-refractivity contribution in [3.63, 3.8) is 0 Å². The van der Waals surface area contributed by atoms with Crippen LogP contribution in [0.3, 0.4) is 0 Å². The molecule has 2 aromatic rings. The maximum absolute atomic E-state index is 11.5. The third-order valence-corrected chi connectivity index (χ3v) is 7.22. The summed E-state index contributed by atoms with van der Waals surface area (Å²) in [5, 5.41) is 4.39. The first-order valence-electron chi connectivity index (χ1n) is 7.51. The SMILES string of the molecule is CN(Cc1ccc(Cl)s1)Cn1nc(C[C@@H]2CCS(=O)(=O)C2)oc1=S. The van der Waals surface area contributed by atoms with Crippen LogP contribution in [0, 0.1) is 10.8 Å². The Morgan fingerprint density at radius 3 is 2.96 bits per heavy atom. The molecule has 0 N–H and O–H groups in total. The van der Waals surface area contributed by atoms with Crippen molar-refractivity contribution in [1.82, 2.24) is 14.7 Å². The van der Waals surface area contributed by atoms with Gasteiger partial charge in [-0.25, -0.2) is 13.1 Å². The summed E-state index contributed by atoms with van der Waals surface area (Å²) in [5.41, 5.74) is 0. The molecule has 1 atom stereocenters. The molecule has 3 heterocycles. The molecule has 0 aromatic carbocycles. The zero-order valence-corrected chi connectivity index (χ0v) is 16.3. The van der Waals surface area contributed by atoms with Crippen LogP contribution in [0.2, 0.25) is 4.34 Å². The van der Waals surface area contributed by atoms with E-state index in [0.29, 0.717) is 30.2 Å². The van der Waals surface area contributed by atoms with Gasteiger partial charge in [-0.15, -0.1) is 16.4 Å². The number of hydrogen-bond donors (Lipinski definition) is 0. The zero-order valence-electron chi connectivity index (χ0n) is 13.1. The molecule has 3 rings (SSSR count). The van der Waals surface area contributed by atoms with Crippen LogP contribution in [0.15, 0.2) is 16.5 Å². The van der Waals surface area contributed by atoms with Crippen LogP contribution in [-0.4, -0.2) is 41.7 Å². The fraction of sp³-hybridized carbons (Fsp3) is 0.571. The number of rotatable bonds is 6. The van der Waals surface area contributed by atoms with Crippen molar-refractivity contribution in [3.8, 4) is 0 Å². The van der Waals surface area contributed by atoms with Crippen molar-refractivity contribution >= 4 is 45.0 Å². The van der Waals surface area contributed by atoms with E-state index in [1.165, 1.54) is 0 Å². The predicted octanol–water partition coefficient (Wildman–Crippen LogP) is 2.99. The molecule has 0 spiro atoms. The number of thiophene rings is 1. The molecule has 0 saturated carbocycles. The second-order valence-corrected chi connectivity index (χ2v) is 10.5. The van der Waals surface area contributed by atoms with E-state index in [0.717, 1.165) is 15.8 Å². The van der Waals surface area contributed by atoms with Crippen LogP contribution in [0.25, 0.3) is 0 Å². The fourth-order valence-corrected chi connectivity index (χ4v) is 6.01. The predicted molar refractivity (Wildman–Crippen MR) is 96.6 cm³/mol. The first-order valence-corrected chi connectivity index (χ1v) is 10.9. The molecule has 0 amide bonds. The molecule has 6 nitrogen and oxygen atoms in total. The van der Waals surface area contributed by atoms with Gasteiger partial charge in [-0.1, -0.05) is 11.6 Å². The van der Waals surface area contributed by atoms with Crippen LogP contribution in [0.1, 0.15) is 17.2 Å². The summed E-state index contributed by atoms with van der Waals surface area (Å²) in [6.45, 7) is 1.24. The molecule has 0 unspecified atom stereocenters. The molecular formula is C14H18ClN3O3S3. The van der Waals surface area contributed by atoms with E-state index in [1.807, 2.05) is 19.2 Å². The molecule has 1 aliphatic rings. The van der Waals surface area contributed by atoms with E-state index < -0.39 is 9.84 Å². The molecule has 0 bridgehead atoms. The van der Waals surface area contributed by atoms with E-state index >= 15 is 0 Å². The lowest BCUT2D eigenvalue weighted by Crippen LogP contribution is -2.22. The van der Waals surface area contributed by atoms with Gasteiger partial charge in [0.2, 0.25) is 5.89 Å². The number of halogens is 1. The van der Waals surface area contributed by atoms with Crippen LogP contribution in [-0.2, 0) is 29.5 Å². The Hall–Kier alpha value is -0.740. The highest BCUT2D eigenvalue weighted by molar-refractivity contribution is 7.91. The van der Waals surface area contributed by atoms with Crippen molar-refractivity contribution in [1.29, 1.82) is 0 Å². The normalized spacial score (nSPS) is 20.0. The summed E-state index contributed by atoms with van der Waals surface area (Å²) in [5.74, 6) is 1.05. The first-order chi connectivity index (χ1) is 11.3. The molecule has 2 aromatic heterocycles. The average molecular weight is 408 g/mol. The van der Waals surface area contributed by atoms with Crippen LogP contribution in [0.5, 0.6) is 0 Å². The van der Waals surface area contributed by atoms with E-state index in [-0.39, 0.29) is 17.4 Å². The molecule has 1 aliphatic heterocycles. The zero-order chi connectivity index (χ0) is 17.3. The highest BCUT2D eigenvalue weighted by Gasteiger charge is 2.29. The quantitative estimate of drug-likeness (QED) is 0.685. The largest absolute Gasteiger partial charge is 0.414 e. The van der Waals surface area contributed by atoms with Crippen molar-refractivity contribution < 1.29 is 12.8 Å². The molecule has 10 heteroatoms. The lowest BCUT2D eigenvalue weighted by molar-refractivity contribution is 0.242. The minimum absolute atomic E-state index is 0.0718. The van der Waals surface area contributed by atoms with Gasteiger partial charge < -0.3 is 4.42 Å². The summed E-state index contributed by atoms with van der Waals surface area (Å²) >= 11 is 12.7. The lowest BCUT2D eigenvalue weighted by atomic mass is 10.1. The van der Waals surface area contributed by atoms with Crippen LogP contribution >= 0.6 is 35.2 Å². The topological polar surface area (TPSA) is 68.3 Å². The van der Waals surface area contributed by atoms with E-state index in [1.54, 1.807) is 16.0 Å². The third kappa shape index (κ3) is 4.66. The van der Waals surface area contributed by atoms with Gasteiger partial charge in [0.1, 0.15) is 0 Å². The van der Waals surface area contributed by atoms with E-state index in [9.17, 15) is 8.42 Å². The molecular weight excluding hydrogens is 390 g/mol. The summed E-state index contributed by atoms with van der Waals surface area (Å²) in [6.07, 6.45) is 1.18. The van der Waals surface area contributed by atoms with E-state index in [4.69, 9.17) is 28.2 Å². The average Bonchev–Trinajstić information content (AvgIpc) is 3.12. The Kier molecular flexibility index (Phi) is 5.45. The molecule has 1 fully saturated rings. The Morgan fingerprint density at radius 1 is 1.54 bits per heavy atom. The number of sulfone groups is 1. The Balaban J connectivity index is 1.60. The van der Waals surface area contributed by atoms with E-state index in [2.05, 4.69) is 10.00 Å². The van der Waals surface area contributed by atoms with Gasteiger partial charge in [-0.2, -0.15) is 0 Å². The van der Waals surface area contributed by atoms with Gasteiger partial charge in [0.05, 0.1) is 22.5 Å². The van der Waals surface area contributed by atoms with Gasteiger partial charge in [0, 0.05) is 17.8 Å². The monoisotopic (exact) mass is 407 g/mol. The summed E-state index contributed by atoms with van der Waals surface area (Å²) in [7, 11) is -0.925. The minimum Gasteiger partial charge on any atom is -0.414 e. The Morgan fingerprint density at radius 2 is 2.33 bits per heavy atom. The van der Waals surface area contributed by atoms with Gasteiger partial charge in [-0.05, 0) is 43.7 Å². The first kappa shape index (κ1) is 18.1. The van der Waals surface area contributed by atoms with Gasteiger partial charge in [0.25, 0.3) is 4.84 Å². The number of nitrogens with zero attached hydrogens (tertiary/aromatic N) is 3. The van der Waals surface area contributed by atoms with Gasteiger partial charge in [-0.3, -0.25) is 4.90 Å². The molecule has 1 saturated heterocycles. The third-order valence-electron chi connectivity index (χ3n) is 3.87. The van der Waals surface area contributed by atoms with Crippen LogP contribution in [0.4, 0.5) is 0 Å². The number of hydrogen-bond acceptors (Lipinski definition) is 7. The summed E-state index contributed by atoms with van der Waals surface area (Å²) in [6, 6.07) is 3.88. The summed E-state index contributed by atoms with van der Waals surface area (Å²) in [4.78, 5) is 3.53. The standard InChI is InChI=1S/C14H18ClN3O3S3/c1-17(7-11-2-3-12(15)23-11)9-18-14(22)21-13(16-18)6-10-4-5-24(19,20)8-10/h2-3,10H,4-9H2,1H3/t10-/m0/s1. The lowest BCUT2D eigenvalue weighted by Gasteiger charge is -2.14. The van der Waals surface area contributed by atoms with Gasteiger partial charge >= 0.3 is 0 Å². The maximum Gasteiger partial charge on any atom is 0.288 e. The van der Waals surface area contributed by atoms with Crippen molar-refractivity contribution in [2.24, 2.45) is 5.92 Å². The fourth-order valence-electron chi connectivity index (χ4n) is 2.78. The Bertz CT molecular complexity index is 871. The molecule has 0 radical (unpaired) electrons. The molecule has 24 heavy (non-hydrogen) atoms. The van der Waals surface area contributed by atoms with Crippen molar-refractivity contribution in [2.45, 2.75) is 26.1 Å². The maximum atomic E-state index is 11.5.